The van der Waals surface area contributed by atoms with Crippen molar-refractivity contribution in [2.75, 3.05) is 20.1 Å². The predicted octanol–water partition coefficient (Wildman–Crippen LogP) is 2.22. The number of H-pyrrole nitrogens is 1. The molecule has 0 saturated carbocycles. The van der Waals surface area contributed by atoms with Crippen molar-refractivity contribution in [1.82, 2.24) is 25.4 Å². The lowest BCUT2D eigenvalue weighted by Crippen LogP contribution is -2.39. The second-order valence-electron chi connectivity index (χ2n) is 5.96. The fraction of sp³-hybridized carbons (Fsp3) is 0.333. The Kier molecular flexibility index (Phi) is 5.33. The van der Waals surface area contributed by atoms with Crippen LogP contribution in [0, 0.1) is 12.7 Å². The molecular weight excluding hydrogens is 319 g/mol. The summed E-state index contributed by atoms with van der Waals surface area (Å²) in [6.45, 7) is 4.29. The van der Waals surface area contributed by atoms with Gasteiger partial charge in [-0.15, -0.1) is 0 Å². The first kappa shape index (κ1) is 17.0. The van der Waals surface area contributed by atoms with E-state index in [1.165, 1.54) is 12.1 Å². The highest BCUT2D eigenvalue weighted by atomic mass is 19.1. The molecule has 7 heteroatoms. The average Bonchev–Trinajstić information content (AvgIpc) is 3.19. The normalized spacial score (nSPS) is 11.9. The van der Waals surface area contributed by atoms with E-state index in [9.17, 15) is 4.39 Å². The van der Waals surface area contributed by atoms with Crippen molar-refractivity contribution in [2.24, 2.45) is 4.99 Å². The van der Waals surface area contributed by atoms with Gasteiger partial charge in [0.05, 0.1) is 12.7 Å². The highest BCUT2D eigenvalue weighted by molar-refractivity contribution is 5.83. The zero-order chi connectivity index (χ0) is 17.6. The molecule has 3 N–H and O–H groups in total. The zero-order valence-electron chi connectivity index (χ0n) is 14.5. The minimum absolute atomic E-state index is 0.226. The van der Waals surface area contributed by atoms with E-state index in [0.717, 1.165) is 54.0 Å². The number of nitrogens with zero attached hydrogens (tertiary/aromatic N) is 3. The van der Waals surface area contributed by atoms with E-state index in [2.05, 4.69) is 25.7 Å². The Labute approximate surface area is 146 Å². The third-order valence-electron chi connectivity index (χ3n) is 4.04. The van der Waals surface area contributed by atoms with Gasteiger partial charge in [-0.3, -0.25) is 9.67 Å². The van der Waals surface area contributed by atoms with Crippen molar-refractivity contribution < 1.29 is 4.39 Å². The number of benzene rings is 1. The van der Waals surface area contributed by atoms with Crippen LogP contribution in [0.5, 0.6) is 0 Å². The van der Waals surface area contributed by atoms with Gasteiger partial charge in [0, 0.05) is 43.4 Å². The summed E-state index contributed by atoms with van der Waals surface area (Å²) >= 11 is 0. The first-order chi connectivity index (χ1) is 12.2. The molecule has 2 heterocycles. The van der Waals surface area contributed by atoms with E-state index in [1.807, 2.05) is 36.3 Å². The van der Waals surface area contributed by atoms with Gasteiger partial charge in [-0.2, -0.15) is 5.10 Å². The molecule has 0 atom stereocenters. The van der Waals surface area contributed by atoms with Gasteiger partial charge in [0.1, 0.15) is 5.82 Å². The van der Waals surface area contributed by atoms with Crippen LogP contribution in [0.15, 0.2) is 41.8 Å². The largest absolute Gasteiger partial charge is 0.361 e. The molecule has 0 unspecified atom stereocenters. The van der Waals surface area contributed by atoms with Crippen molar-refractivity contribution in [2.45, 2.75) is 19.9 Å². The molecule has 0 spiro atoms. The molecule has 6 nitrogen and oxygen atoms in total. The van der Waals surface area contributed by atoms with Crippen molar-refractivity contribution in [3.63, 3.8) is 0 Å². The second kappa shape index (κ2) is 7.83. The quantitative estimate of drug-likeness (QED) is 0.475. The van der Waals surface area contributed by atoms with Gasteiger partial charge < -0.3 is 15.6 Å². The Bertz CT molecular complexity index is 863. The number of halogens is 1. The molecule has 0 aliphatic heterocycles. The fourth-order valence-electron chi connectivity index (χ4n) is 2.78. The number of aromatic amines is 1. The maximum absolute atomic E-state index is 13.2. The van der Waals surface area contributed by atoms with Crippen molar-refractivity contribution in [1.29, 1.82) is 0 Å². The molecule has 0 radical (unpaired) electrons. The first-order valence-corrected chi connectivity index (χ1v) is 8.35. The van der Waals surface area contributed by atoms with Crippen LogP contribution >= 0.6 is 0 Å². The molecule has 0 amide bonds. The molecular formula is C18H23FN6. The topological polar surface area (TPSA) is 70.0 Å². The Hall–Kier alpha value is -2.83. The number of nitrogens with one attached hydrogen (secondary N) is 3. The molecule has 0 bridgehead atoms. The monoisotopic (exact) mass is 342 g/mol. The summed E-state index contributed by atoms with van der Waals surface area (Å²) in [7, 11) is 1.75. The number of fused-ring (bicyclic) bond motifs is 1. The summed E-state index contributed by atoms with van der Waals surface area (Å²) < 4.78 is 15.1. The van der Waals surface area contributed by atoms with Crippen molar-refractivity contribution in [3.05, 3.63) is 53.7 Å². The van der Waals surface area contributed by atoms with Gasteiger partial charge in [0.15, 0.2) is 5.96 Å². The number of rotatable bonds is 6. The van der Waals surface area contributed by atoms with Gasteiger partial charge in [-0.05, 0) is 42.7 Å². The number of hydrogen-bond donors (Lipinski definition) is 3. The van der Waals surface area contributed by atoms with Crippen molar-refractivity contribution >= 4 is 16.9 Å². The minimum atomic E-state index is -0.226. The van der Waals surface area contributed by atoms with E-state index < -0.39 is 0 Å². The smallest absolute Gasteiger partial charge is 0.191 e. The summed E-state index contributed by atoms with van der Waals surface area (Å²) in [6.07, 6.45) is 6.62. The lowest BCUT2D eigenvalue weighted by Gasteiger charge is -2.11. The molecule has 25 heavy (non-hydrogen) atoms. The van der Waals surface area contributed by atoms with Crippen LogP contribution in [0.1, 0.15) is 11.1 Å². The second-order valence-corrected chi connectivity index (χ2v) is 5.96. The van der Waals surface area contributed by atoms with Gasteiger partial charge in [-0.1, -0.05) is 0 Å². The third kappa shape index (κ3) is 4.37. The van der Waals surface area contributed by atoms with E-state index in [1.54, 1.807) is 7.05 Å². The molecule has 0 aliphatic rings. The van der Waals surface area contributed by atoms with E-state index in [4.69, 9.17) is 0 Å². The highest BCUT2D eigenvalue weighted by Crippen LogP contribution is 2.19. The molecule has 3 rings (SSSR count). The molecule has 3 aromatic rings. The van der Waals surface area contributed by atoms with Crippen LogP contribution in [0.4, 0.5) is 4.39 Å². The molecule has 1 aromatic carbocycles. The molecule has 0 saturated heterocycles. The lowest BCUT2D eigenvalue weighted by molar-refractivity contribution is 0.597. The Balaban J connectivity index is 1.46. The molecule has 132 valence electrons. The number of aryl methyl sites for hydroxylation is 1. The van der Waals surface area contributed by atoms with Gasteiger partial charge in [0.2, 0.25) is 0 Å². The van der Waals surface area contributed by atoms with Crippen molar-refractivity contribution in [3.8, 4) is 0 Å². The van der Waals surface area contributed by atoms with Crippen LogP contribution in [-0.4, -0.2) is 40.9 Å². The van der Waals surface area contributed by atoms with E-state index in [0.29, 0.717) is 0 Å². The number of guanidine groups is 1. The molecule has 0 fully saturated rings. The summed E-state index contributed by atoms with van der Waals surface area (Å²) in [5.74, 6) is 0.533. The lowest BCUT2D eigenvalue weighted by atomic mass is 10.1. The third-order valence-corrected chi connectivity index (χ3v) is 4.04. The standard InChI is InChI=1S/C18H23FN6/c1-13-10-24-25(12-13)8-7-22-18(20-2)21-6-5-14-11-23-17-9-15(19)3-4-16(14)17/h3-4,9-12,23H,5-8H2,1-2H3,(H2,20,21,22). The SMILES string of the molecule is CN=C(NCCc1c[nH]c2cc(F)ccc12)NCCn1cc(C)cn1. The molecule has 2 aromatic heterocycles. The maximum atomic E-state index is 13.2. The fourth-order valence-corrected chi connectivity index (χ4v) is 2.78. The summed E-state index contributed by atoms with van der Waals surface area (Å²) in [5.41, 5.74) is 3.14. The van der Waals surface area contributed by atoms with Crippen LogP contribution < -0.4 is 10.6 Å². The summed E-state index contributed by atoms with van der Waals surface area (Å²) in [4.78, 5) is 7.34. The highest BCUT2D eigenvalue weighted by Gasteiger charge is 2.05. The van der Waals surface area contributed by atoms with E-state index in [-0.39, 0.29) is 5.82 Å². The van der Waals surface area contributed by atoms with Gasteiger partial charge >= 0.3 is 0 Å². The van der Waals surface area contributed by atoms with Gasteiger partial charge in [0.25, 0.3) is 0 Å². The van der Waals surface area contributed by atoms with E-state index >= 15 is 0 Å². The van der Waals surface area contributed by atoms with Gasteiger partial charge in [-0.25, -0.2) is 4.39 Å². The Morgan fingerprint density at radius 1 is 1.32 bits per heavy atom. The Morgan fingerprint density at radius 3 is 2.92 bits per heavy atom. The predicted molar refractivity (Wildman–Crippen MR) is 98.3 cm³/mol. The van der Waals surface area contributed by atoms with Crippen LogP contribution in [0.2, 0.25) is 0 Å². The average molecular weight is 342 g/mol. The number of aromatic nitrogens is 3. The molecule has 0 aliphatic carbocycles. The number of aliphatic imine (C=N–C) groups is 1. The summed E-state index contributed by atoms with van der Waals surface area (Å²) in [6, 6.07) is 4.82. The maximum Gasteiger partial charge on any atom is 0.191 e. The van der Waals surface area contributed by atoms with Crippen LogP contribution in [0.25, 0.3) is 10.9 Å². The summed E-state index contributed by atoms with van der Waals surface area (Å²) in [5, 5.41) is 11.9. The Morgan fingerprint density at radius 2 is 2.16 bits per heavy atom. The van der Waals surface area contributed by atoms with Crippen LogP contribution in [-0.2, 0) is 13.0 Å². The first-order valence-electron chi connectivity index (χ1n) is 8.35. The number of hydrogen-bond acceptors (Lipinski definition) is 2. The zero-order valence-corrected chi connectivity index (χ0v) is 14.5. The minimum Gasteiger partial charge on any atom is -0.361 e. The van der Waals surface area contributed by atoms with Crippen LogP contribution in [0.3, 0.4) is 0 Å².